The molecule has 0 radical (unpaired) electrons. The van der Waals surface area contributed by atoms with Gasteiger partial charge in [0.15, 0.2) is 0 Å². The van der Waals surface area contributed by atoms with Gasteiger partial charge in [-0.25, -0.2) is 0 Å². The van der Waals surface area contributed by atoms with Crippen molar-refractivity contribution in [3.63, 3.8) is 0 Å². The topological polar surface area (TPSA) is 0 Å². The number of benzene rings is 4. The molecule has 0 fully saturated rings. The van der Waals surface area contributed by atoms with Crippen LogP contribution in [0, 0.1) is 0 Å². The zero-order valence-corrected chi connectivity index (χ0v) is 19.6. The van der Waals surface area contributed by atoms with Crippen LogP contribution in [0.3, 0.4) is 0 Å². The Morgan fingerprint density at radius 1 is 0.438 bits per heavy atom. The summed E-state index contributed by atoms with van der Waals surface area (Å²) in [5, 5.41) is 1.69. The monoisotopic (exact) mass is 458 g/mol. The van der Waals surface area contributed by atoms with E-state index in [-0.39, 0.29) is 0 Å². The Balaban J connectivity index is 1.50. The highest BCUT2D eigenvalue weighted by Gasteiger charge is 2.19. The van der Waals surface area contributed by atoms with Crippen LogP contribution >= 0.6 is 23.2 Å². The van der Waals surface area contributed by atoms with Crippen LogP contribution in [0.4, 0.5) is 0 Å². The maximum Gasteiger partial charge on any atom is 0.0444 e. The van der Waals surface area contributed by atoms with E-state index in [1.165, 1.54) is 22.3 Å². The van der Waals surface area contributed by atoms with Crippen LogP contribution in [0.15, 0.2) is 109 Å². The molecular formula is C30H28Cl2. The van der Waals surface area contributed by atoms with Gasteiger partial charge in [-0.15, -0.1) is 0 Å². The van der Waals surface area contributed by atoms with Gasteiger partial charge in [0.05, 0.1) is 0 Å². The molecule has 0 bridgehead atoms. The van der Waals surface area contributed by atoms with E-state index in [9.17, 15) is 0 Å². The number of halogens is 2. The first-order valence-corrected chi connectivity index (χ1v) is 12.1. The lowest BCUT2D eigenvalue weighted by atomic mass is 9.84. The summed E-state index contributed by atoms with van der Waals surface area (Å²) in [7, 11) is 0. The highest BCUT2D eigenvalue weighted by molar-refractivity contribution is 6.31. The lowest BCUT2D eigenvalue weighted by Gasteiger charge is -2.22. The van der Waals surface area contributed by atoms with Crippen molar-refractivity contribution in [1.29, 1.82) is 0 Å². The molecule has 2 heteroatoms. The molecule has 2 atom stereocenters. The lowest BCUT2D eigenvalue weighted by molar-refractivity contribution is 0.575. The Hall–Kier alpha value is -2.54. The fraction of sp³-hybridized carbons (Fsp3) is 0.200. The molecule has 0 nitrogen and oxygen atoms in total. The van der Waals surface area contributed by atoms with Crippen molar-refractivity contribution in [2.75, 3.05) is 0 Å². The fourth-order valence-corrected chi connectivity index (χ4v) is 5.12. The van der Waals surface area contributed by atoms with Crippen LogP contribution in [0.1, 0.15) is 59.8 Å². The molecule has 0 spiro atoms. The molecule has 32 heavy (non-hydrogen) atoms. The van der Waals surface area contributed by atoms with Crippen molar-refractivity contribution in [2.24, 2.45) is 0 Å². The Bertz CT molecular complexity index is 1010. The van der Waals surface area contributed by atoms with E-state index >= 15 is 0 Å². The molecule has 0 N–H and O–H groups in total. The largest absolute Gasteiger partial charge is 0.0840 e. The number of rotatable bonds is 9. The molecule has 2 unspecified atom stereocenters. The Morgan fingerprint density at radius 3 is 1.16 bits per heavy atom. The van der Waals surface area contributed by atoms with Crippen LogP contribution < -0.4 is 0 Å². The zero-order chi connectivity index (χ0) is 22.2. The van der Waals surface area contributed by atoms with Crippen LogP contribution in [-0.2, 0) is 0 Å². The predicted molar refractivity (Wildman–Crippen MR) is 138 cm³/mol. The second-order valence-corrected chi connectivity index (χ2v) is 9.07. The van der Waals surface area contributed by atoms with E-state index in [1.807, 2.05) is 24.3 Å². The molecule has 4 aromatic carbocycles. The molecule has 4 aromatic rings. The van der Waals surface area contributed by atoms with Crippen LogP contribution in [0.5, 0.6) is 0 Å². The van der Waals surface area contributed by atoms with Gasteiger partial charge in [0.2, 0.25) is 0 Å². The van der Waals surface area contributed by atoms with Gasteiger partial charge >= 0.3 is 0 Å². The molecule has 162 valence electrons. The van der Waals surface area contributed by atoms with Crippen LogP contribution in [0.2, 0.25) is 10.0 Å². The minimum Gasteiger partial charge on any atom is -0.0840 e. The third kappa shape index (κ3) is 5.63. The van der Waals surface area contributed by atoms with Crippen molar-refractivity contribution in [3.8, 4) is 0 Å². The third-order valence-electron chi connectivity index (χ3n) is 6.20. The molecule has 0 saturated heterocycles. The summed E-state index contributed by atoms with van der Waals surface area (Å²) in [5.74, 6) is 0.612. The quantitative estimate of drug-likeness (QED) is 0.219. The molecular weight excluding hydrogens is 431 g/mol. The van der Waals surface area contributed by atoms with E-state index in [1.54, 1.807) is 0 Å². The Labute approximate surface area is 201 Å². The Morgan fingerprint density at radius 2 is 0.781 bits per heavy atom. The fourth-order valence-electron chi connectivity index (χ4n) is 4.59. The summed E-state index contributed by atoms with van der Waals surface area (Å²) < 4.78 is 0. The summed E-state index contributed by atoms with van der Waals surface area (Å²) in [6.07, 6.45) is 4.38. The predicted octanol–water partition coefficient (Wildman–Crippen LogP) is 9.52. The maximum atomic E-state index is 6.59. The summed E-state index contributed by atoms with van der Waals surface area (Å²) in [6.45, 7) is 0. The highest BCUT2D eigenvalue weighted by Crippen LogP contribution is 2.37. The summed E-state index contributed by atoms with van der Waals surface area (Å²) in [5.41, 5.74) is 5.08. The molecule has 0 aromatic heterocycles. The first-order chi connectivity index (χ1) is 15.7. The average Bonchev–Trinajstić information content (AvgIpc) is 2.84. The van der Waals surface area contributed by atoms with E-state index in [0.29, 0.717) is 11.8 Å². The van der Waals surface area contributed by atoms with Crippen molar-refractivity contribution in [3.05, 3.63) is 141 Å². The van der Waals surface area contributed by atoms with Gasteiger partial charge in [0.1, 0.15) is 0 Å². The van der Waals surface area contributed by atoms with Gasteiger partial charge < -0.3 is 0 Å². The van der Waals surface area contributed by atoms with Gasteiger partial charge in [0.25, 0.3) is 0 Å². The molecule has 0 amide bonds. The standard InChI is InChI=1S/C30H28Cl2/c31-29-21-11-9-19-27(29)25(23-13-3-1-4-14-23)17-7-8-18-26(24-15-5-2-6-16-24)28-20-10-12-22-30(28)32/h1-6,9-16,19-22,25-26H,7-8,17-18H2. The van der Waals surface area contributed by atoms with Crippen molar-refractivity contribution in [1.82, 2.24) is 0 Å². The van der Waals surface area contributed by atoms with E-state index < -0.39 is 0 Å². The van der Waals surface area contributed by atoms with Gasteiger partial charge in [0, 0.05) is 21.9 Å². The van der Waals surface area contributed by atoms with Gasteiger partial charge in [-0.3, -0.25) is 0 Å². The molecule has 0 aliphatic carbocycles. The van der Waals surface area contributed by atoms with Crippen molar-refractivity contribution < 1.29 is 0 Å². The van der Waals surface area contributed by atoms with Gasteiger partial charge in [-0.2, -0.15) is 0 Å². The molecule has 0 heterocycles. The van der Waals surface area contributed by atoms with Gasteiger partial charge in [-0.05, 0) is 47.2 Å². The van der Waals surface area contributed by atoms with Crippen LogP contribution in [0.25, 0.3) is 0 Å². The highest BCUT2D eigenvalue weighted by atomic mass is 35.5. The Kier molecular flexibility index (Phi) is 8.04. The average molecular weight is 459 g/mol. The van der Waals surface area contributed by atoms with Crippen molar-refractivity contribution >= 4 is 23.2 Å². The second-order valence-electron chi connectivity index (χ2n) is 8.25. The number of hydrogen-bond donors (Lipinski definition) is 0. The van der Waals surface area contributed by atoms with E-state index in [4.69, 9.17) is 23.2 Å². The van der Waals surface area contributed by atoms with Gasteiger partial charge in [-0.1, -0.05) is 133 Å². The number of unbranched alkanes of at least 4 members (excludes halogenated alkanes) is 1. The number of hydrogen-bond acceptors (Lipinski definition) is 0. The summed E-state index contributed by atoms with van der Waals surface area (Å²) >= 11 is 13.2. The second kappa shape index (κ2) is 11.4. The van der Waals surface area contributed by atoms with E-state index in [2.05, 4.69) is 84.9 Å². The molecule has 4 rings (SSSR count). The first-order valence-electron chi connectivity index (χ1n) is 11.3. The van der Waals surface area contributed by atoms with Crippen LogP contribution in [-0.4, -0.2) is 0 Å². The van der Waals surface area contributed by atoms with E-state index in [0.717, 1.165) is 35.7 Å². The first kappa shape index (κ1) is 22.6. The SMILES string of the molecule is Clc1ccccc1C(CCCCC(c1ccccc1)c1ccccc1Cl)c1ccccc1. The third-order valence-corrected chi connectivity index (χ3v) is 6.89. The molecule has 0 aliphatic heterocycles. The lowest BCUT2D eigenvalue weighted by Crippen LogP contribution is -2.05. The minimum atomic E-state index is 0.306. The molecule has 0 aliphatic rings. The molecule has 0 saturated carbocycles. The maximum absolute atomic E-state index is 6.59. The summed E-state index contributed by atoms with van der Waals surface area (Å²) in [4.78, 5) is 0. The minimum absolute atomic E-state index is 0.306. The summed E-state index contributed by atoms with van der Waals surface area (Å²) in [6, 6.07) is 37.9. The normalized spacial score (nSPS) is 12.9. The van der Waals surface area contributed by atoms with Crippen molar-refractivity contribution in [2.45, 2.75) is 37.5 Å². The zero-order valence-electron chi connectivity index (χ0n) is 18.1. The smallest absolute Gasteiger partial charge is 0.0444 e.